The molecule has 0 aromatic heterocycles. The molecule has 0 radical (unpaired) electrons. The molecule has 0 N–H and O–H groups in total. The van der Waals surface area contributed by atoms with Crippen LogP contribution in [0.25, 0.3) is 0 Å². The zero-order chi connectivity index (χ0) is 6.83. The van der Waals surface area contributed by atoms with Crippen molar-refractivity contribution < 1.29 is 0 Å². The van der Waals surface area contributed by atoms with E-state index in [-0.39, 0.29) is 23.1 Å². The van der Waals surface area contributed by atoms with Crippen molar-refractivity contribution in [2.75, 3.05) is 0 Å². The Morgan fingerprint density at radius 1 is 1.11 bits per heavy atom. The van der Waals surface area contributed by atoms with E-state index < -0.39 is 0 Å². The minimum absolute atomic E-state index is 0. The molecule has 0 heterocycles. The van der Waals surface area contributed by atoms with Crippen molar-refractivity contribution in [2.24, 2.45) is 0 Å². The summed E-state index contributed by atoms with van der Waals surface area (Å²) >= 11 is 0. The number of unbranched alkanes of at least 4 members (excludes halogenated alkanes) is 2. The van der Waals surface area contributed by atoms with Gasteiger partial charge in [0.15, 0.2) is 0 Å². The minimum atomic E-state index is 0. The van der Waals surface area contributed by atoms with Gasteiger partial charge in [-0.15, -0.1) is 0 Å². The van der Waals surface area contributed by atoms with Gasteiger partial charge in [0.25, 0.3) is 0 Å². The summed E-state index contributed by atoms with van der Waals surface area (Å²) in [6.45, 7) is 11.3. The Morgan fingerprint density at radius 2 is 1.44 bits per heavy atom. The summed E-state index contributed by atoms with van der Waals surface area (Å²) in [7, 11) is 0. The Kier molecular flexibility index (Phi) is 42.4. The van der Waals surface area contributed by atoms with E-state index in [1.54, 1.807) is 0 Å². The first-order valence-electron chi connectivity index (χ1n) is 3.41. The fraction of sp³-hybridized carbons (Fsp3) is 0.750. The average Bonchev–Trinajstić information content (AvgIpc) is 1.71. The van der Waals surface area contributed by atoms with Gasteiger partial charge in [0.05, 0.1) is 0 Å². The van der Waals surface area contributed by atoms with Crippen LogP contribution in [0.5, 0.6) is 0 Å². The van der Waals surface area contributed by atoms with Crippen molar-refractivity contribution in [2.45, 2.75) is 39.5 Å². The van der Waals surface area contributed by atoms with Crippen molar-refractivity contribution >= 4 is 23.1 Å². The first-order valence-corrected chi connectivity index (χ1v) is 3.41. The summed E-state index contributed by atoms with van der Waals surface area (Å²) in [6, 6.07) is 0. The molecule has 9 heavy (non-hydrogen) atoms. The maximum absolute atomic E-state index is 3.68. The first-order chi connectivity index (χ1) is 3.83. The third kappa shape index (κ3) is 52.4. The van der Waals surface area contributed by atoms with Gasteiger partial charge in [-0.25, -0.2) is 0 Å². The van der Waals surface area contributed by atoms with Crippen LogP contribution in [0.4, 0.5) is 0 Å². The van der Waals surface area contributed by atoms with Crippen LogP contribution < -0.4 is 0 Å². The molecule has 0 aromatic rings. The van der Waals surface area contributed by atoms with E-state index in [1.807, 2.05) is 6.92 Å². The monoisotopic (exact) mass is 138 g/mol. The standard InChI is InChI=1S/C5H11.C3H7.Mg/c1-3-5-4-2;1-3-2;/h1,3-5H2,2H3;1,3H2,2H3;/q2*-1;+2. The summed E-state index contributed by atoms with van der Waals surface area (Å²) in [4.78, 5) is 0. The van der Waals surface area contributed by atoms with Crippen LogP contribution in [-0.2, 0) is 0 Å². The van der Waals surface area contributed by atoms with Gasteiger partial charge in [-0.1, -0.05) is 26.7 Å². The van der Waals surface area contributed by atoms with Crippen molar-refractivity contribution in [3.8, 4) is 0 Å². The maximum atomic E-state index is 3.68. The summed E-state index contributed by atoms with van der Waals surface area (Å²) in [5.41, 5.74) is 0. The SMILES string of the molecule is [CH2-]CC.[CH2-]CCCC.[Mg+2]. The molecule has 0 aliphatic carbocycles. The smallest absolute Gasteiger partial charge is 0.344 e. The Balaban J connectivity index is -0.0000000800. The quantitative estimate of drug-likeness (QED) is 0.407. The fourth-order valence-electron chi connectivity index (χ4n) is 0.250. The molecule has 0 atom stereocenters. The molecular formula is C8H18Mg. The van der Waals surface area contributed by atoms with Crippen LogP contribution in [0, 0.1) is 13.8 Å². The van der Waals surface area contributed by atoms with Gasteiger partial charge in [-0.05, 0) is 0 Å². The van der Waals surface area contributed by atoms with Crippen LogP contribution >= 0.6 is 0 Å². The molecule has 52 valence electrons. The number of hydrogen-bond donors (Lipinski definition) is 0. The fourth-order valence-corrected chi connectivity index (χ4v) is 0.250. The van der Waals surface area contributed by atoms with Gasteiger partial charge in [-0.2, -0.15) is 12.8 Å². The van der Waals surface area contributed by atoms with E-state index in [0.717, 1.165) is 12.8 Å². The topological polar surface area (TPSA) is 0 Å². The van der Waals surface area contributed by atoms with Crippen LogP contribution in [0.3, 0.4) is 0 Å². The Bertz CT molecular complexity index is 18.5. The van der Waals surface area contributed by atoms with Gasteiger partial charge in [-0.3, -0.25) is 0 Å². The molecule has 0 nitrogen and oxygen atoms in total. The average molecular weight is 139 g/mol. The van der Waals surface area contributed by atoms with Crippen LogP contribution in [-0.4, -0.2) is 23.1 Å². The maximum Gasteiger partial charge on any atom is 2.00 e. The molecule has 0 aliphatic rings. The zero-order valence-electron chi connectivity index (χ0n) is 6.95. The number of rotatable bonds is 2. The van der Waals surface area contributed by atoms with Crippen molar-refractivity contribution in [1.29, 1.82) is 0 Å². The number of hydrogen-bond acceptors (Lipinski definition) is 0. The van der Waals surface area contributed by atoms with Gasteiger partial charge >= 0.3 is 23.1 Å². The predicted molar refractivity (Wildman–Crippen MR) is 46.3 cm³/mol. The molecule has 1 heteroatoms. The van der Waals surface area contributed by atoms with E-state index in [1.165, 1.54) is 12.8 Å². The van der Waals surface area contributed by atoms with E-state index in [2.05, 4.69) is 20.8 Å². The molecule has 0 unspecified atom stereocenters. The van der Waals surface area contributed by atoms with Crippen LogP contribution in [0.2, 0.25) is 0 Å². The van der Waals surface area contributed by atoms with Crippen molar-refractivity contribution in [1.82, 2.24) is 0 Å². The molecule has 0 aromatic carbocycles. The third-order valence-corrected chi connectivity index (χ3v) is 0.604. The van der Waals surface area contributed by atoms with E-state index in [9.17, 15) is 0 Å². The summed E-state index contributed by atoms with van der Waals surface area (Å²) < 4.78 is 0. The molecule has 0 spiro atoms. The van der Waals surface area contributed by atoms with E-state index in [0.29, 0.717) is 0 Å². The molecular weight excluding hydrogens is 120 g/mol. The Morgan fingerprint density at radius 3 is 1.44 bits per heavy atom. The van der Waals surface area contributed by atoms with Gasteiger partial charge in [0, 0.05) is 0 Å². The van der Waals surface area contributed by atoms with Gasteiger partial charge < -0.3 is 13.8 Å². The van der Waals surface area contributed by atoms with Gasteiger partial charge in [0.2, 0.25) is 0 Å². The molecule has 0 bridgehead atoms. The Hall–Kier alpha value is 0.766. The van der Waals surface area contributed by atoms with Crippen molar-refractivity contribution in [3.05, 3.63) is 13.8 Å². The molecule has 0 saturated heterocycles. The molecule has 0 saturated carbocycles. The normalized spacial score (nSPS) is 6.67. The Labute approximate surface area is 76.6 Å². The second kappa shape index (κ2) is 23.3. The summed E-state index contributed by atoms with van der Waals surface area (Å²) in [6.07, 6.45) is 4.65. The summed E-state index contributed by atoms with van der Waals surface area (Å²) in [5.74, 6) is 0. The first kappa shape index (κ1) is 16.4. The largest absolute Gasteiger partial charge is 2.00 e. The molecule has 0 fully saturated rings. The second-order valence-corrected chi connectivity index (χ2v) is 1.71. The van der Waals surface area contributed by atoms with Gasteiger partial charge in [0.1, 0.15) is 0 Å². The van der Waals surface area contributed by atoms with Crippen LogP contribution in [0.1, 0.15) is 39.5 Å². The van der Waals surface area contributed by atoms with Crippen LogP contribution in [0.15, 0.2) is 0 Å². The molecule has 0 aliphatic heterocycles. The second-order valence-electron chi connectivity index (χ2n) is 1.71. The van der Waals surface area contributed by atoms with E-state index >= 15 is 0 Å². The predicted octanol–water partition coefficient (Wildman–Crippen LogP) is 2.86. The van der Waals surface area contributed by atoms with Crippen molar-refractivity contribution in [3.63, 3.8) is 0 Å². The van der Waals surface area contributed by atoms with E-state index in [4.69, 9.17) is 0 Å². The zero-order valence-corrected chi connectivity index (χ0v) is 8.36. The third-order valence-electron chi connectivity index (χ3n) is 0.604. The minimum Gasteiger partial charge on any atom is -0.344 e. The molecule has 0 amide bonds. The molecule has 0 rings (SSSR count). The summed E-state index contributed by atoms with van der Waals surface area (Å²) in [5, 5.41) is 0.